The van der Waals surface area contributed by atoms with Gasteiger partial charge in [-0.3, -0.25) is 4.79 Å². The summed E-state index contributed by atoms with van der Waals surface area (Å²) >= 11 is 0. The number of allylic oxidation sites excluding steroid dienone is 2. The molecule has 2 aliphatic rings. The van der Waals surface area contributed by atoms with Gasteiger partial charge in [-0.05, 0) is 23.8 Å². The zero-order valence-corrected chi connectivity index (χ0v) is 6.64. The van der Waals surface area contributed by atoms with Crippen molar-refractivity contribution in [3.8, 4) is 0 Å². The van der Waals surface area contributed by atoms with Gasteiger partial charge in [-0.15, -0.1) is 0 Å². The average molecular weight is 136 g/mol. The Morgan fingerprint density at radius 3 is 2.40 bits per heavy atom. The van der Waals surface area contributed by atoms with Crippen LogP contribution in [-0.2, 0) is 4.79 Å². The topological polar surface area (TPSA) is 17.1 Å². The lowest BCUT2D eigenvalue weighted by Gasteiger charge is -2.03. The molecule has 0 saturated heterocycles. The van der Waals surface area contributed by atoms with E-state index in [1.54, 1.807) is 0 Å². The van der Waals surface area contributed by atoms with Gasteiger partial charge in [0, 0.05) is 5.92 Å². The smallest absolute Gasteiger partial charge is 0.162 e. The molecular formula is C9H12O. The van der Waals surface area contributed by atoms with Crippen molar-refractivity contribution in [2.75, 3.05) is 0 Å². The molecule has 0 aromatic heterocycles. The van der Waals surface area contributed by atoms with Crippen LogP contribution in [0.4, 0.5) is 0 Å². The summed E-state index contributed by atoms with van der Waals surface area (Å²) < 4.78 is 0. The predicted octanol–water partition coefficient (Wildman–Crippen LogP) is 1.79. The van der Waals surface area contributed by atoms with E-state index in [4.69, 9.17) is 0 Å². The quantitative estimate of drug-likeness (QED) is 0.496. The van der Waals surface area contributed by atoms with E-state index >= 15 is 0 Å². The second-order valence-corrected chi connectivity index (χ2v) is 4.04. The van der Waals surface area contributed by atoms with E-state index in [0.29, 0.717) is 17.6 Å². The molecule has 0 radical (unpaired) electrons. The Morgan fingerprint density at radius 1 is 1.50 bits per heavy atom. The fourth-order valence-electron chi connectivity index (χ4n) is 2.09. The summed E-state index contributed by atoms with van der Waals surface area (Å²) in [6.07, 6.45) is 2.13. The lowest BCUT2D eigenvalue weighted by atomic mass is 10.0. The number of carbonyl (C=O) groups excluding carboxylic acids is 1. The van der Waals surface area contributed by atoms with Gasteiger partial charge < -0.3 is 0 Å². The highest BCUT2D eigenvalue weighted by atomic mass is 16.1. The molecule has 1 saturated carbocycles. The van der Waals surface area contributed by atoms with Crippen molar-refractivity contribution in [1.82, 2.24) is 0 Å². The molecule has 1 fully saturated rings. The Kier molecular flexibility index (Phi) is 0.837. The van der Waals surface area contributed by atoms with Gasteiger partial charge in [0.05, 0.1) is 0 Å². The Labute approximate surface area is 61.1 Å². The molecule has 0 N–H and O–H groups in total. The molecule has 10 heavy (non-hydrogen) atoms. The Bertz CT molecular complexity index is 235. The standard InChI is InChI=1S/C9H12O/c1-5-4-6-7(8(5)10)9(6,2)3/h4,6-7H,1-3H3. The van der Waals surface area contributed by atoms with Crippen molar-refractivity contribution in [3.05, 3.63) is 11.6 Å². The second kappa shape index (κ2) is 1.36. The van der Waals surface area contributed by atoms with E-state index in [1.807, 2.05) is 6.92 Å². The molecule has 54 valence electrons. The molecule has 0 spiro atoms. The van der Waals surface area contributed by atoms with Gasteiger partial charge in [-0.1, -0.05) is 19.9 Å². The van der Waals surface area contributed by atoms with Crippen molar-refractivity contribution in [3.63, 3.8) is 0 Å². The molecule has 0 bridgehead atoms. The van der Waals surface area contributed by atoms with Gasteiger partial charge >= 0.3 is 0 Å². The molecule has 0 aliphatic heterocycles. The number of rotatable bonds is 0. The summed E-state index contributed by atoms with van der Waals surface area (Å²) in [5.41, 5.74) is 1.27. The summed E-state index contributed by atoms with van der Waals surface area (Å²) in [6, 6.07) is 0. The highest BCUT2D eigenvalue weighted by Crippen LogP contribution is 2.63. The van der Waals surface area contributed by atoms with Crippen molar-refractivity contribution in [1.29, 1.82) is 0 Å². The zero-order chi connectivity index (χ0) is 7.52. The lowest BCUT2D eigenvalue weighted by Crippen LogP contribution is -2.05. The van der Waals surface area contributed by atoms with Crippen LogP contribution in [-0.4, -0.2) is 5.78 Å². The van der Waals surface area contributed by atoms with Crippen molar-refractivity contribution >= 4 is 5.78 Å². The first-order chi connectivity index (χ1) is 4.55. The Hall–Kier alpha value is -0.590. The van der Waals surface area contributed by atoms with E-state index in [0.717, 1.165) is 5.57 Å². The number of hydrogen-bond donors (Lipinski definition) is 0. The Balaban J connectivity index is 2.35. The number of carbonyl (C=O) groups is 1. The van der Waals surface area contributed by atoms with Gasteiger partial charge in [0.2, 0.25) is 0 Å². The molecule has 2 unspecified atom stereocenters. The van der Waals surface area contributed by atoms with Crippen LogP contribution in [0.1, 0.15) is 20.8 Å². The first-order valence-electron chi connectivity index (χ1n) is 3.78. The van der Waals surface area contributed by atoms with Crippen LogP contribution in [0, 0.1) is 17.3 Å². The molecule has 0 heterocycles. The molecular weight excluding hydrogens is 124 g/mol. The monoisotopic (exact) mass is 136 g/mol. The molecule has 1 heteroatoms. The third kappa shape index (κ3) is 0.472. The minimum absolute atomic E-state index is 0.288. The van der Waals surface area contributed by atoms with Gasteiger partial charge in [0.1, 0.15) is 0 Å². The maximum Gasteiger partial charge on any atom is 0.162 e. The van der Waals surface area contributed by atoms with E-state index < -0.39 is 0 Å². The van der Waals surface area contributed by atoms with Crippen LogP contribution >= 0.6 is 0 Å². The van der Waals surface area contributed by atoms with Crippen LogP contribution < -0.4 is 0 Å². The summed E-state index contributed by atoms with van der Waals surface area (Å²) in [5.74, 6) is 1.29. The van der Waals surface area contributed by atoms with Crippen molar-refractivity contribution in [2.45, 2.75) is 20.8 Å². The first-order valence-corrected chi connectivity index (χ1v) is 3.78. The number of Topliss-reactive ketones (excluding diaryl/α,β-unsaturated/α-hetero) is 1. The second-order valence-electron chi connectivity index (χ2n) is 4.04. The highest BCUT2D eigenvalue weighted by Gasteiger charge is 2.63. The maximum atomic E-state index is 11.3. The molecule has 2 atom stereocenters. The summed E-state index contributed by atoms with van der Waals surface area (Å²) in [5, 5.41) is 0. The lowest BCUT2D eigenvalue weighted by molar-refractivity contribution is -0.117. The van der Waals surface area contributed by atoms with E-state index in [-0.39, 0.29) is 5.41 Å². The SMILES string of the molecule is CC1=CC2C(C1=O)C2(C)C. The summed E-state index contributed by atoms with van der Waals surface area (Å²) in [6.45, 7) is 6.26. The minimum Gasteiger partial charge on any atom is -0.294 e. The van der Waals surface area contributed by atoms with Gasteiger partial charge in [0.15, 0.2) is 5.78 Å². The van der Waals surface area contributed by atoms with Crippen molar-refractivity contribution < 1.29 is 4.79 Å². The highest BCUT2D eigenvalue weighted by molar-refractivity contribution is 6.02. The molecule has 1 nitrogen and oxygen atoms in total. The fourth-order valence-corrected chi connectivity index (χ4v) is 2.09. The van der Waals surface area contributed by atoms with E-state index in [2.05, 4.69) is 19.9 Å². The largest absolute Gasteiger partial charge is 0.294 e. The van der Waals surface area contributed by atoms with Crippen molar-refractivity contribution in [2.24, 2.45) is 17.3 Å². The Morgan fingerprint density at radius 2 is 2.10 bits per heavy atom. The van der Waals surface area contributed by atoms with Gasteiger partial charge in [-0.2, -0.15) is 0 Å². The van der Waals surface area contributed by atoms with Gasteiger partial charge in [-0.25, -0.2) is 0 Å². The van der Waals surface area contributed by atoms with Crippen LogP contribution in [0.3, 0.4) is 0 Å². The van der Waals surface area contributed by atoms with E-state index in [9.17, 15) is 4.79 Å². The summed E-state index contributed by atoms with van der Waals surface area (Å²) in [4.78, 5) is 11.3. The van der Waals surface area contributed by atoms with E-state index in [1.165, 1.54) is 0 Å². The predicted molar refractivity (Wildman–Crippen MR) is 39.5 cm³/mol. The summed E-state index contributed by atoms with van der Waals surface area (Å²) in [7, 11) is 0. The molecule has 0 aromatic rings. The minimum atomic E-state index is 0.288. The molecule has 0 aromatic carbocycles. The molecule has 2 rings (SSSR count). The number of fused-ring (bicyclic) bond motifs is 1. The first kappa shape index (κ1) is 6.14. The number of hydrogen-bond acceptors (Lipinski definition) is 1. The zero-order valence-electron chi connectivity index (χ0n) is 6.64. The average Bonchev–Trinajstić information content (AvgIpc) is 2.12. The maximum absolute atomic E-state index is 11.3. The fraction of sp³-hybridized carbons (Fsp3) is 0.667. The molecule has 0 amide bonds. The molecule has 2 aliphatic carbocycles. The third-order valence-corrected chi connectivity index (χ3v) is 3.01. The number of ketones is 1. The van der Waals surface area contributed by atoms with Crippen LogP contribution in [0.5, 0.6) is 0 Å². The van der Waals surface area contributed by atoms with Crippen LogP contribution in [0.25, 0.3) is 0 Å². The third-order valence-electron chi connectivity index (χ3n) is 3.01. The van der Waals surface area contributed by atoms with Crippen LogP contribution in [0.15, 0.2) is 11.6 Å². The van der Waals surface area contributed by atoms with Crippen LogP contribution in [0.2, 0.25) is 0 Å². The van der Waals surface area contributed by atoms with Gasteiger partial charge in [0.25, 0.3) is 0 Å². The normalized spacial score (nSPS) is 41.1.